The third-order valence-corrected chi connectivity index (χ3v) is 4.36. The van der Waals surface area contributed by atoms with Gasteiger partial charge in [0.25, 0.3) is 0 Å². The predicted octanol–water partition coefficient (Wildman–Crippen LogP) is 2.00. The highest BCUT2D eigenvalue weighted by atomic mass is 32.1. The second-order valence-electron chi connectivity index (χ2n) is 5.31. The van der Waals surface area contributed by atoms with E-state index < -0.39 is 0 Å². The highest BCUT2D eigenvalue weighted by Crippen LogP contribution is 2.11. The van der Waals surface area contributed by atoms with Crippen molar-refractivity contribution in [3.8, 4) is 0 Å². The van der Waals surface area contributed by atoms with E-state index in [-0.39, 0.29) is 5.91 Å². The molecule has 1 saturated heterocycles. The first-order chi connectivity index (χ1) is 9.74. The number of amides is 1. The molecule has 1 aliphatic rings. The quantitative estimate of drug-likeness (QED) is 0.872. The van der Waals surface area contributed by atoms with Crippen molar-refractivity contribution in [1.29, 1.82) is 0 Å². The number of carbonyl (C=O) groups excluding carboxylic acids is 1. The molecule has 0 unspecified atom stereocenters. The Labute approximate surface area is 124 Å². The van der Waals surface area contributed by atoms with Gasteiger partial charge in [0.15, 0.2) is 5.13 Å². The second kappa shape index (κ2) is 8.21. The lowest BCUT2D eigenvalue weighted by Crippen LogP contribution is -2.32. The van der Waals surface area contributed by atoms with E-state index in [1.165, 1.54) is 43.4 Å². The fourth-order valence-electron chi connectivity index (χ4n) is 2.48. The van der Waals surface area contributed by atoms with Crippen LogP contribution in [0, 0.1) is 0 Å². The molecule has 3 N–H and O–H groups in total. The standard InChI is InChI=1S/C14H24N4OS/c15-14-17-12(11-20-14)10-16-13(19)6-9-18-7-4-2-1-3-5-8-18/h11H,1-10H2,(H2,15,17)(H,16,19). The van der Waals surface area contributed by atoms with Crippen LogP contribution in [0.4, 0.5) is 5.13 Å². The van der Waals surface area contributed by atoms with Gasteiger partial charge in [-0.25, -0.2) is 4.98 Å². The van der Waals surface area contributed by atoms with Gasteiger partial charge in [0, 0.05) is 18.3 Å². The summed E-state index contributed by atoms with van der Waals surface area (Å²) in [6, 6.07) is 0. The molecule has 2 heterocycles. The van der Waals surface area contributed by atoms with E-state index >= 15 is 0 Å². The molecule has 2 rings (SSSR count). The van der Waals surface area contributed by atoms with E-state index in [4.69, 9.17) is 5.73 Å². The van der Waals surface area contributed by atoms with Crippen molar-refractivity contribution >= 4 is 22.4 Å². The highest BCUT2D eigenvalue weighted by Gasteiger charge is 2.10. The number of rotatable bonds is 5. The van der Waals surface area contributed by atoms with Gasteiger partial charge in [-0.1, -0.05) is 19.3 Å². The minimum atomic E-state index is 0.0960. The molecule has 1 fully saturated rings. The van der Waals surface area contributed by atoms with Crippen LogP contribution in [0.5, 0.6) is 0 Å². The number of nitrogens with one attached hydrogen (secondary N) is 1. The summed E-state index contributed by atoms with van der Waals surface area (Å²) in [4.78, 5) is 18.4. The molecule has 0 radical (unpaired) electrons. The summed E-state index contributed by atoms with van der Waals surface area (Å²) >= 11 is 1.40. The fourth-order valence-corrected chi connectivity index (χ4v) is 3.04. The Morgan fingerprint density at radius 1 is 1.30 bits per heavy atom. The van der Waals surface area contributed by atoms with E-state index in [1.807, 2.05) is 5.38 Å². The smallest absolute Gasteiger partial charge is 0.221 e. The SMILES string of the molecule is Nc1nc(CNC(=O)CCN2CCCCCCC2)cs1. The maximum absolute atomic E-state index is 11.8. The molecular formula is C14H24N4OS. The van der Waals surface area contributed by atoms with Gasteiger partial charge in [-0.2, -0.15) is 0 Å². The third-order valence-electron chi connectivity index (χ3n) is 3.64. The maximum atomic E-state index is 11.8. The molecule has 0 atom stereocenters. The summed E-state index contributed by atoms with van der Waals surface area (Å²) in [7, 11) is 0. The van der Waals surface area contributed by atoms with Crippen molar-refractivity contribution in [3.05, 3.63) is 11.1 Å². The zero-order valence-electron chi connectivity index (χ0n) is 11.9. The average molecular weight is 296 g/mol. The topological polar surface area (TPSA) is 71.2 Å². The van der Waals surface area contributed by atoms with Gasteiger partial charge in [-0.15, -0.1) is 11.3 Å². The number of hydrogen-bond acceptors (Lipinski definition) is 5. The molecule has 1 aliphatic heterocycles. The number of nitrogen functional groups attached to an aromatic ring is 1. The first-order valence-corrected chi connectivity index (χ1v) is 8.31. The van der Waals surface area contributed by atoms with E-state index in [9.17, 15) is 4.79 Å². The maximum Gasteiger partial charge on any atom is 0.221 e. The average Bonchev–Trinajstić information content (AvgIpc) is 2.81. The summed E-state index contributed by atoms with van der Waals surface area (Å²) in [5.74, 6) is 0.0960. The lowest BCUT2D eigenvalue weighted by atomic mass is 10.1. The van der Waals surface area contributed by atoms with Crippen molar-refractivity contribution < 1.29 is 4.79 Å². The molecule has 0 spiro atoms. The van der Waals surface area contributed by atoms with Crippen LogP contribution in [0.2, 0.25) is 0 Å². The Bertz CT molecular complexity index is 413. The van der Waals surface area contributed by atoms with Crippen LogP contribution >= 0.6 is 11.3 Å². The lowest BCUT2D eigenvalue weighted by molar-refractivity contribution is -0.121. The van der Waals surface area contributed by atoms with Crippen molar-refractivity contribution in [2.24, 2.45) is 0 Å². The Balaban J connectivity index is 1.63. The summed E-state index contributed by atoms with van der Waals surface area (Å²) in [6.07, 6.45) is 7.12. The van der Waals surface area contributed by atoms with Crippen LogP contribution in [0.25, 0.3) is 0 Å². The zero-order valence-corrected chi connectivity index (χ0v) is 12.8. The molecule has 0 bridgehead atoms. The molecule has 1 aromatic rings. The van der Waals surface area contributed by atoms with Gasteiger partial charge in [-0.05, 0) is 25.9 Å². The lowest BCUT2D eigenvalue weighted by Gasteiger charge is -2.24. The minimum Gasteiger partial charge on any atom is -0.375 e. The summed E-state index contributed by atoms with van der Waals surface area (Å²) in [5.41, 5.74) is 6.40. The molecule has 0 saturated carbocycles. The van der Waals surface area contributed by atoms with Crippen molar-refractivity contribution in [1.82, 2.24) is 15.2 Å². The van der Waals surface area contributed by atoms with Gasteiger partial charge in [0.05, 0.1) is 12.2 Å². The molecule has 0 aromatic carbocycles. The molecular weight excluding hydrogens is 272 g/mol. The van der Waals surface area contributed by atoms with Crippen LogP contribution in [0.15, 0.2) is 5.38 Å². The second-order valence-corrected chi connectivity index (χ2v) is 6.20. The van der Waals surface area contributed by atoms with Gasteiger partial charge in [0.1, 0.15) is 0 Å². The number of anilines is 1. The van der Waals surface area contributed by atoms with Gasteiger partial charge < -0.3 is 16.0 Å². The Hall–Kier alpha value is -1.14. The fraction of sp³-hybridized carbons (Fsp3) is 0.714. The predicted molar refractivity (Wildman–Crippen MR) is 82.5 cm³/mol. The van der Waals surface area contributed by atoms with Gasteiger partial charge in [-0.3, -0.25) is 4.79 Å². The highest BCUT2D eigenvalue weighted by molar-refractivity contribution is 7.13. The number of nitrogens with zero attached hydrogens (tertiary/aromatic N) is 2. The first-order valence-electron chi connectivity index (χ1n) is 7.43. The molecule has 1 aromatic heterocycles. The molecule has 5 nitrogen and oxygen atoms in total. The van der Waals surface area contributed by atoms with Crippen LogP contribution in [-0.2, 0) is 11.3 Å². The zero-order chi connectivity index (χ0) is 14.2. The van der Waals surface area contributed by atoms with E-state index in [0.717, 1.165) is 25.3 Å². The number of likely N-dealkylation sites (tertiary alicyclic amines) is 1. The molecule has 112 valence electrons. The first kappa shape index (κ1) is 15.3. The number of hydrogen-bond donors (Lipinski definition) is 2. The van der Waals surface area contributed by atoms with Gasteiger partial charge in [0.2, 0.25) is 5.91 Å². The molecule has 6 heteroatoms. The Morgan fingerprint density at radius 3 is 2.65 bits per heavy atom. The molecule has 20 heavy (non-hydrogen) atoms. The molecule has 0 aliphatic carbocycles. The van der Waals surface area contributed by atoms with Crippen molar-refractivity contribution in [2.45, 2.75) is 45.1 Å². The Morgan fingerprint density at radius 2 is 2.00 bits per heavy atom. The van der Waals surface area contributed by atoms with Crippen LogP contribution in [0.1, 0.15) is 44.2 Å². The Kier molecular flexibility index (Phi) is 6.26. The van der Waals surface area contributed by atoms with E-state index in [0.29, 0.717) is 18.1 Å². The monoisotopic (exact) mass is 296 g/mol. The number of carbonyl (C=O) groups is 1. The van der Waals surface area contributed by atoms with Gasteiger partial charge >= 0.3 is 0 Å². The van der Waals surface area contributed by atoms with E-state index in [1.54, 1.807) is 0 Å². The summed E-state index contributed by atoms with van der Waals surface area (Å²) in [5, 5.41) is 5.34. The number of thiazole rings is 1. The third kappa shape index (κ3) is 5.46. The van der Waals surface area contributed by atoms with Crippen LogP contribution in [-0.4, -0.2) is 35.4 Å². The molecule has 1 amide bonds. The van der Waals surface area contributed by atoms with Crippen LogP contribution < -0.4 is 11.1 Å². The van der Waals surface area contributed by atoms with Crippen LogP contribution in [0.3, 0.4) is 0 Å². The summed E-state index contributed by atoms with van der Waals surface area (Å²) < 4.78 is 0. The largest absolute Gasteiger partial charge is 0.375 e. The minimum absolute atomic E-state index is 0.0960. The van der Waals surface area contributed by atoms with E-state index in [2.05, 4.69) is 15.2 Å². The number of aromatic nitrogens is 1. The normalized spacial score (nSPS) is 17.4. The van der Waals surface area contributed by atoms with Crippen molar-refractivity contribution in [2.75, 3.05) is 25.4 Å². The summed E-state index contributed by atoms with van der Waals surface area (Å²) in [6.45, 7) is 3.61. The van der Waals surface area contributed by atoms with Crippen molar-refractivity contribution in [3.63, 3.8) is 0 Å². The number of nitrogens with two attached hydrogens (primary N) is 1.